The van der Waals surface area contributed by atoms with E-state index in [9.17, 15) is 14.6 Å². The minimum atomic E-state index is -0.959. The van der Waals surface area contributed by atoms with Gasteiger partial charge in [-0.15, -0.1) is 0 Å². The molecule has 0 saturated heterocycles. The number of halogens is 1. The third kappa shape index (κ3) is 3.79. The van der Waals surface area contributed by atoms with Crippen molar-refractivity contribution in [2.45, 2.75) is 32.5 Å². The van der Waals surface area contributed by atoms with E-state index in [4.69, 9.17) is 4.74 Å². The van der Waals surface area contributed by atoms with Gasteiger partial charge in [0.05, 0.1) is 11.7 Å². The number of aliphatic hydroxyl groups is 2. The Morgan fingerprint density at radius 3 is 2.50 bits per heavy atom. The molecule has 1 aromatic rings. The zero-order chi connectivity index (χ0) is 12.3. The van der Waals surface area contributed by atoms with Crippen LogP contribution in [0.15, 0.2) is 18.2 Å². The third-order valence-corrected chi connectivity index (χ3v) is 2.01. The zero-order valence-electron chi connectivity index (χ0n) is 9.70. The average Bonchev–Trinajstić information content (AvgIpc) is 2.13. The van der Waals surface area contributed by atoms with Crippen LogP contribution in [0.4, 0.5) is 4.39 Å². The summed E-state index contributed by atoms with van der Waals surface area (Å²) in [6.45, 7) is 4.79. The van der Waals surface area contributed by atoms with Crippen LogP contribution < -0.4 is 4.74 Å². The molecule has 0 aliphatic heterocycles. The first kappa shape index (κ1) is 12.9. The standard InChI is InChI=1S/C12H17FO3/c1-8(14)10-5-4-9(6-11(10)13)16-7-12(2,3)15/h4-6,8,14-15H,7H2,1-3H3/t8-/m1/s1. The molecule has 90 valence electrons. The summed E-state index contributed by atoms with van der Waals surface area (Å²) in [5, 5.41) is 18.7. The van der Waals surface area contributed by atoms with Crippen LogP contribution in [0.2, 0.25) is 0 Å². The Kier molecular flexibility index (Phi) is 3.88. The minimum absolute atomic E-state index is 0.0838. The highest BCUT2D eigenvalue weighted by atomic mass is 19.1. The Morgan fingerprint density at radius 2 is 2.06 bits per heavy atom. The molecule has 0 aromatic heterocycles. The molecular formula is C12H17FO3. The summed E-state index contributed by atoms with van der Waals surface area (Å²) < 4.78 is 18.6. The van der Waals surface area contributed by atoms with Crippen LogP contribution in [0.5, 0.6) is 5.75 Å². The molecule has 0 saturated carbocycles. The zero-order valence-corrected chi connectivity index (χ0v) is 9.70. The van der Waals surface area contributed by atoms with Crippen molar-refractivity contribution in [3.63, 3.8) is 0 Å². The van der Waals surface area contributed by atoms with Crippen LogP contribution in [0.3, 0.4) is 0 Å². The van der Waals surface area contributed by atoms with Gasteiger partial charge >= 0.3 is 0 Å². The molecule has 16 heavy (non-hydrogen) atoms. The molecule has 0 aliphatic carbocycles. The molecule has 0 spiro atoms. The van der Waals surface area contributed by atoms with E-state index >= 15 is 0 Å². The first-order chi connectivity index (χ1) is 7.29. The minimum Gasteiger partial charge on any atom is -0.491 e. The fourth-order valence-electron chi connectivity index (χ4n) is 1.20. The lowest BCUT2D eigenvalue weighted by Crippen LogP contribution is -2.27. The Bertz CT molecular complexity index is 356. The van der Waals surface area contributed by atoms with Crippen LogP contribution in [-0.4, -0.2) is 22.4 Å². The number of rotatable bonds is 4. The number of aliphatic hydroxyl groups excluding tert-OH is 1. The lowest BCUT2D eigenvalue weighted by molar-refractivity contribution is 0.0283. The van der Waals surface area contributed by atoms with Crippen molar-refractivity contribution < 1.29 is 19.3 Å². The van der Waals surface area contributed by atoms with Gasteiger partial charge in [0.1, 0.15) is 18.2 Å². The summed E-state index contributed by atoms with van der Waals surface area (Å²) in [6, 6.07) is 4.24. The van der Waals surface area contributed by atoms with E-state index in [2.05, 4.69) is 0 Å². The number of ether oxygens (including phenoxy) is 1. The molecule has 3 nitrogen and oxygen atoms in total. The Labute approximate surface area is 94.5 Å². The van der Waals surface area contributed by atoms with Crippen molar-refractivity contribution >= 4 is 0 Å². The van der Waals surface area contributed by atoms with Gasteiger partial charge in [-0.3, -0.25) is 0 Å². The van der Waals surface area contributed by atoms with Gasteiger partial charge in [0, 0.05) is 11.6 Å². The van der Waals surface area contributed by atoms with Crippen LogP contribution in [0.1, 0.15) is 32.4 Å². The van der Waals surface area contributed by atoms with E-state index in [-0.39, 0.29) is 12.2 Å². The topological polar surface area (TPSA) is 49.7 Å². The maximum Gasteiger partial charge on any atom is 0.132 e. The maximum absolute atomic E-state index is 13.4. The fraction of sp³-hybridized carbons (Fsp3) is 0.500. The summed E-state index contributed by atoms with van der Waals surface area (Å²) in [7, 11) is 0. The molecule has 1 rings (SSSR count). The molecule has 0 unspecified atom stereocenters. The van der Waals surface area contributed by atoms with Crippen LogP contribution in [0, 0.1) is 5.82 Å². The fourth-order valence-corrected chi connectivity index (χ4v) is 1.20. The van der Waals surface area contributed by atoms with Gasteiger partial charge in [-0.1, -0.05) is 0 Å². The second kappa shape index (κ2) is 4.80. The Hall–Kier alpha value is -1.13. The lowest BCUT2D eigenvalue weighted by atomic mass is 10.1. The van der Waals surface area contributed by atoms with Gasteiger partial charge < -0.3 is 14.9 Å². The largest absolute Gasteiger partial charge is 0.491 e. The highest BCUT2D eigenvalue weighted by molar-refractivity contribution is 5.30. The number of hydrogen-bond donors (Lipinski definition) is 2. The predicted molar refractivity (Wildman–Crippen MR) is 58.8 cm³/mol. The molecule has 0 radical (unpaired) electrons. The highest BCUT2D eigenvalue weighted by Gasteiger charge is 2.14. The third-order valence-electron chi connectivity index (χ3n) is 2.01. The normalized spacial score (nSPS) is 13.6. The average molecular weight is 228 g/mol. The molecule has 0 bridgehead atoms. The van der Waals surface area contributed by atoms with Crippen molar-refractivity contribution in [2.75, 3.05) is 6.61 Å². The van der Waals surface area contributed by atoms with Crippen molar-refractivity contribution in [3.8, 4) is 5.75 Å². The Morgan fingerprint density at radius 1 is 1.44 bits per heavy atom. The summed E-state index contributed by atoms with van der Waals surface area (Å²) in [5.41, 5.74) is -0.727. The van der Waals surface area contributed by atoms with Gasteiger partial charge in [0.2, 0.25) is 0 Å². The van der Waals surface area contributed by atoms with Gasteiger partial charge in [-0.25, -0.2) is 4.39 Å². The second-order valence-electron chi connectivity index (χ2n) is 4.46. The molecule has 1 atom stereocenters. The second-order valence-corrected chi connectivity index (χ2v) is 4.46. The van der Waals surface area contributed by atoms with Crippen molar-refractivity contribution in [1.82, 2.24) is 0 Å². The molecule has 4 heteroatoms. The molecule has 1 aromatic carbocycles. The monoisotopic (exact) mass is 228 g/mol. The lowest BCUT2D eigenvalue weighted by Gasteiger charge is -2.18. The predicted octanol–water partition coefficient (Wildman–Crippen LogP) is 2.03. The Balaban J connectivity index is 2.74. The van der Waals surface area contributed by atoms with E-state index in [1.54, 1.807) is 19.9 Å². The van der Waals surface area contributed by atoms with E-state index in [0.29, 0.717) is 5.75 Å². The van der Waals surface area contributed by atoms with E-state index in [0.717, 1.165) is 0 Å². The van der Waals surface area contributed by atoms with Crippen LogP contribution in [0.25, 0.3) is 0 Å². The first-order valence-electron chi connectivity index (χ1n) is 5.12. The summed E-state index contributed by atoms with van der Waals surface area (Å²) in [5.74, 6) is -0.174. The molecule has 0 heterocycles. The highest BCUT2D eigenvalue weighted by Crippen LogP contribution is 2.22. The SMILES string of the molecule is C[C@@H](O)c1ccc(OCC(C)(C)O)cc1F. The summed E-state index contributed by atoms with van der Waals surface area (Å²) in [6.07, 6.45) is -0.844. The van der Waals surface area contributed by atoms with Gasteiger partial charge in [0.25, 0.3) is 0 Å². The summed E-state index contributed by atoms with van der Waals surface area (Å²) in [4.78, 5) is 0. The quantitative estimate of drug-likeness (QED) is 0.829. The van der Waals surface area contributed by atoms with E-state index in [1.165, 1.54) is 19.1 Å². The van der Waals surface area contributed by atoms with Crippen molar-refractivity contribution in [3.05, 3.63) is 29.6 Å². The van der Waals surface area contributed by atoms with Crippen LogP contribution in [-0.2, 0) is 0 Å². The van der Waals surface area contributed by atoms with E-state index < -0.39 is 17.5 Å². The van der Waals surface area contributed by atoms with Gasteiger partial charge in [-0.05, 0) is 32.9 Å². The number of benzene rings is 1. The van der Waals surface area contributed by atoms with Crippen molar-refractivity contribution in [2.24, 2.45) is 0 Å². The summed E-state index contributed by atoms with van der Waals surface area (Å²) >= 11 is 0. The molecular weight excluding hydrogens is 211 g/mol. The molecule has 2 N–H and O–H groups in total. The number of hydrogen-bond acceptors (Lipinski definition) is 3. The molecule has 0 aliphatic rings. The first-order valence-corrected chi connectivity index (χ1v) is 5.12. The van der Waals surface area contributed by atoms with Gasteiger partial charge in [-0.2, -0.15) is 0 Å². The van der Waals surface area contributed by atoms with Crippen LogP contribution >= 0.6 is 0 Å². The molecule has 0 fully saturated rings. The van der Waals surface area contributed by atoms with E-state index in [1.807, 2.05) is 0 Å². The maximum atomic E-state index is 13.4. The smallest absolute Gasteiger partial charge is 0.132 e. The van der Waals surface area contributed by atoms with Crippen molar-refractivity contribution in [1.29, 1.82) is 0 Å². The molecule has 0 amide bonds. The van der Waals surface area contributed by atoms with Gasteiger partial charge in [0.15, 0.2) is 0 Å².